The molecular weight excluding hydrogens is 702 g/mol. The number of halogens is 2. The first-order chi connectivity index (χ1) is 24.3. The minimum Gasteiger partial charge on any atom is -0.464 e. The van der Waals surface area contributed by atoms with Crippen molar-refractivity contribution in [3.8, 4) is 0 Å². The van der Waals surface area contributed by atoms with Gasteiger partial charge in [0.25, 0.3) is 0 Å². The van der Waals surface area contributed by atoms with Crippen LogP contribution < -0.4 is 0 Å². The summed E-state index contributed by atoms with van der Waals surface area (Å²) >= 11 is 0. The van der Waals surface area contributed by atoms with E-state index in [9.17, 15) is 31.6 Å². The van der Waals surface area contributed by atoms with Crippen molar-refractivity contribution in [3.63, 3.8) is 0 Å². The predicted octanol–water partition coefficient (Wildman–Crippen LogP) is 6.27. The summed E-state index contributed by atoms with van der Waals surface area (Å²) in [5.41, 5.74) is -0.357. The molecule has 4 aliphatic carbocycles. The fourth-order valence-electron chi connectivity index (χ4n) is 8.04. The number of rotatable bonds is 11. The number of fused-ring (bicyclic) bond motifs is 1. The van der Waals surface area contributed by atoms with Gasteiger partial charge in [-0.15, -0.1) is 5.73 Å². The lowest BCUT2D eigenvalue weighted by Crippen LogP contribution is -2.52. The molecule has 7 atom stereocenters. The van der Waals surface area contributed by atoms with Crippen LogP contribution in [-0.4, -0.2) is 74.5 Å². The average Bonchev–Trinajstić information content (AvgIpc) is 3.79. The van der Waals surface area contributed by atoms with Gasteiger partial charge < -0.3 is 23.7 Å². The molecule has 0 radical (unpaired) electrons. The van der Waals surface area contributed by atoms with Crippen molar-refractivity contribution in [1.82, 2.24) is 0 Å². The third-order valence-corrected chi connectivity index (χ3v) is 11.8. The summed E-state index contributed by atoms with van der Waals surface area (Å²) in [6.07, 6.45) is 15.5. The molecule has 288 valence electrons. The molecule has 0 amide bonds. The van der Waals surface area contributed by atoms with Crippen molar-refractivity contribution in [2.24, 2.45) is 39.9 Å². The van der Waals surface area contributed by atoms with E-state index < -0.39 is 61.4 Å². The first-order valence-corrected chi connectivity index (χ1v) is 19.3. The van der Waals surface area contributed by atoms with Gasteiger partial charge in [0.1, 0.15) is 18.8 Å². The molecular formula is C38H50F2O11S. The van der Waals surface area contributed by atoms with E-state index in [1.807, 2.05) is 26.0 Å². The number of carbonyl (C=O) groups is 3. The minimum absolute atomic E-state index is 0.0458. The quantitative estimate of drug-likeness (QED) is 0.0837. The largest absolute Gasteiger partial charge is 0.465 e. The third kappa shape index (κ3) is 8.62. The molecule has 0 bridgehead atoms. The maximum absolute atomic E-state index is 14.1. The number of carbonyl (C=O) groups excluding carboxylic acids is 3. The summed E-state index contributed by atoms with van der Waals surface area (Å²) in [5.74, 6) is -3.27. The van der Waals surface area contributed by atoms with Gasteiger partial charge in [0.2, 0.25) is 0 Å². The molecule has 11 nitrogen and oxygen atoms in total. The van der Waals surface area contributed by atoms with Gasteiger partial charge in [0.15, 0.2) is 6.29 Å². The Labute approximate surface area is 304 Å². The van der Waals surface area contributed by atoms with E-state index in [1.165, 1.54) is 6.92 Å². The van der Waals surface area contributed by atoms with Crippen molar-refractivity contribution in [2.45, 2.75) is 96.7 Å². The van der Waals surface area contributed by atoms with Gasteiger partial charge in [-0.1, -0.05) is 56.7 Å². The van der Waals surface area contributed by atoms with Gasteiger partial charge in [-0.2, -0.15) is 17.2 Å². The zero-order valence-corrected chi connectivity index (χ0v) is 31.2. The van der Waals surface area contributed by atoms with Crippen LogP contribution in [0.4, 0.5) is 8.78 Å². The fourth-order valence-corrected chi connectivity index (χ4v) is 8.29. The number of alkyl halides is 2. The molecule has 1 saturated heterocycles. The van der Waals surface area contributed by atoms with Gasteiger partial charge in [-0.3, -0.25) is 14.1 Å². The number of hydrogen-bond acceptors (Lipinski definition) is 10. The molecule has 1 heterocycles. The molecule has 0 spiro atoms. The van der Waals surface area contributed by atoms with E-state index in [2.05, 4.69) is 24.8 Å². The summed E-state index contributed by atoms with van der Waals surface area (Å²) in [6, 6.07) is 0. The van der Waals surface area contributed by atoms with Crippen LogP contribution in [0, 0.1) is 39.9 Å². The fraction of sp³-hybridized carbons (Fsp3) is 0.684. The predicted molar refractivity (Wildman–Crippen MR) is 184 cm³/mol. The molecule has 52 heavy (non-hydrogen) atoms. The second kappa shape index (κ2) is 14.9. The summed E-state index contributed by atoms with van der Waals surface area (Å²) in [7, 11) is -6.06. The standard InChI is InChI=1S/C38H50F2O11S/c1-6-27-15-28(19-35(5,18-27)51-33(43)38(39,40)52(44,45)46)30-47-21-36(22-48-30,23-49-31(41)34(4)14-9-7-8-11-25(2)16-34)24-50-32(42)37-17-26(3)12-10-13-29(37)20-37/h7,9-12,14-15,25-26,28-30H,6,13,16-24H2,1-5H3,(H,44,45,46). The minimum atomic E-state index is -6.06. The summed E-state index contributed by atoms with van der Waals surface area (Å²) in [5, 5.41) is -5.15. The first-order valence-electron chi connectivity index (χ1n) is 17.9. The molecule has 0 aromatic rings. The highest BCUT2D eigenvalue weighted by atomic mass is 32.2. The second-order valence-corrected chi connectivity index (χ2v) is 17.5. The van der Waals surface area contributed by atoms with Crippen LogP contribution in [0.1, 0.15) is 79.6 Å². The van der Waals surface area contributed by atoms with Crippen molar-refractivity contribution >= 4 is 28.0 Å². The van der Waals surface area contributed by atoms with E-state index in [1.54, 1.807) is 25.2 Å². The molecule has 1 N–H and O–H groups in total. The summed E-state index contributed by atoms with van der Waals surface area (Å²) < 4.78 is 89.1. The number of ether oxygens (including phenoxy) is 5. The zero-order valence-electron chi connectivity index (χ0n) is 30.4. The van der Waals surface area contributed by atoms with E-state index in [0.29, 0.717) is 19.3 Å². The molecule has 1 saturated carbocycles. The normalized spacial score (nSPS) is 37.5. The lowest BCUT2D eigenvalue weighted by Gasteiger charge is -2.44. The summed E-state index contributed by atoms with van der Waals surface area (Å²) in [6.45, 7) is 8.67. The third-order valence-electron chi connectivity index (χ3n) is 11.0. The Morgan fingerprint density at radius 2 is 1.69 bits per heavy atom. The Bertz CT molecular complexity index is 1670. The van der Waals surface area contributed by atoms with E-state index in [4.69, 9.17) is 28.2 Å². The molecule has 7 unspecified atom stereocenters. The van der Waals surface area contributed by atoms with Crippen molar-refractivity contribution in [1.29, 1.82) is 0 Å². The average molecular weight is 753 g/mol. The topological polar surface area (TPSA) is 152 Å². The van der Waals surface area contributed by atoms with E-state index in [0.717, 1.165) is 18.4 Å². The smallest absolute Gasteiger partial charge is 0.464 e. The zero-order chi connectivity index (χ0) is 38.2. The van der Waals surface area contributed by atoms with Crippen LogP contribution in [-0.2, 0) is 48.2 Å². The van der Waals surface area contributed by atoms with Crippen molar-refractivity contribution < 1.29 is 59.8 Å². The highest BCUT2D eigenvalue weighted by Crippen LogP contribution is 2.60. The molecule has 0 aromatic carbocycles. The Morgan fingerprint density at radius 3 is 2.35 bits per heavy atom. The second-order valence-electron chi connectivity index (χ2n) is 16.1. The van der Waals surface area contributed by atoms with E-state index >= 15 is 0 Å². The SMILES string of the molecule is CCC1=CC(C2OCC(COC(=O)C3(C)C=CC=C=CC(C)C3)(COC(=O)C34CC(C)C=CCC3C4)CO2)CC(C)(OC(=O)C(F)(F)S(=O)(=O)O)C1. The maximum atomic E-state index is 14.1. The number of hydrogen-bond donors (Lipinski definition) is 1. The van der Waals surface area contributed by atoms with Crippen LogP contribution in [0.5, 0.6) is 0 Å². The summed E-state index contributed by atoms with van der Waals surface area (Å²) in [4.78, 5) is 39.6. The van der Waals surface area contributed by atoms with Gasteiger partial charge in [-0.05, 0) is 82.3 Å². The number of esters is 3. The van der Waals surface area contributed by atoms with E-state index in [-0.39, 0.29) is 63.0 Å². The Kier molecular flexibility index (Phi) is 11.5. The lowest BCUT2D eigenvalue weighted by atomic mass is 9.78. The Balaban J connectivity index is 1.31. The van der Waals surface area contributed by atoms with Gasteiger partial charge >= 0.3 is 33.3 Å². The molecule has 0 aromatic heterocycles. The van der Waals surface area contributed by atoms with Gasteiger partial charge in [0, 0.05) is 12.3 Å². The lowest BCUT2D eigenvalue weighted by molar-refractivity contribution is -0.265. The first kappa shape index (κ1) is 40.0. The van der Waals surface area contributed by atoms with Crippen LogP contribution >= 0.6 is 0 Å². The monoisotopic (exact) mass is 752 g/mol. The molecule has 5 aliphatic rings. The van der Waals surface area contributed by atoms with Crippen molar-refractivity contribution in [2.75, 3.05) is 26.4 Å². The van der Waals surface area contributed by atoms with Crippen LogP contribution in [0.2, 0.25) is 0 Å². The highest BCUT2D eigenvalue weighted by molar-refractivity contribution is 7.87. The van der Waals surface area contributed by atoms with Crippen LogP contribution in [0.25, 0.3) is 0 Å². The Morgan fingerprint density at radius 1 is 1.02 bits per heavy atom. The number of allylic oxidation sites excluding steroid dienone is 4. The molecule has 1 aliphatic heterocycles. The maximum Gasteiger partial charge on any atom is 0.465 e. The molecule has 5 rings (SSSR count). The Hall–Kier alpha value is -3.16. The van der Waals surface area contributed by atoms with Crippen molar-refractivity contribution in [3.05, 3.63) is 53.8 Å². The van der Waals surface area contributed by atoms with Crippen LogP contribution in [0.3, 0.4) is 0 Å². The van der Waals surface area contributed by atoms with Crippen LogP contribution in [0.15, 0.2) is 53.8 Å². The molecule has 2 fully saturated rings. The highest BCUT2D eigenvalue weighted by Gasteiger charge is 2.61. The molecule has 14 heteroatoms. The van der Waals surface area contributed by atoms with Gasteiger partial charge in [0.05, 0.1) is 29.5 Å². The van der Waals surface area contributed by atoms with Gasteiger partial charge in [-0.25, -0.2) is 4.79 Å².